The second-order valence-electron chi connectivity index (χ2n) is 3.33. The Morgan fingerprint density at radius 3 is 2.81 bits per heavy atom. The Morgan fingerprint density at radius 2 is 2.19 bits per heavy atom. The summed E-state index contributed by atoms with van der Waals surface area (Å²) in [6.07, 6.45) is 4.08. The first-order chi connectivity index (χ1) is 7.63. The normalized spacial score (nSPS) is 10.9. The summed E-state index contributed by atoms with van der Waals surface area (Å²) in [4.78, 5) is 10.6. The van der Waals surface area contributed by atoms with Gasteiger partial charge in [0, 0.05) is 11.6 Å². The lowest BCUT2D eigenvalue weighted by Gasteiger charge is -2.04. The minimum atomic E-state index is -0.876. The molecule has 0 saturated carbocycles. The number of hydrogen-bond donors (Lipinski definition) is 2. The van der Waals surface area contributed by atoms with Gasteiger partial charge in [-0.1, -0.05) is 29.8 Å². The van der Waals surface area contributed by atoms with E-state index in [1.165, 1.54) is 0 Å². The van der Waals surface area contributed by atoms with Gasteiger partial charge in [-0.15, -0.1) is 0 Å². The van der Waals surface area contributed by atoms with E-state index in [0.29, 0.717) is 17.0 Å². The first-order valence-corrected chi connectivity index (χ1v) is 5.29. The highest BCUT2D eigenvalue weighted by Gasteiger charge is 2.05. The molecule has 0 amide bonds. The van der Waals surface area contributed by atoms with E-state index in [1.54, 1.807) is 30.4 Å². The van der Waals surface area contributed by atoms with Crippen molar-refractivity contribution in [1.29, 1.82) is 0 Å². The quantitative estimate of drug-likeness (QED) is 0.831. The minimum absolute atomic E-state index is 0.0318. The van der Waals surface area contributed by atoms with E-state index < -0.39 is 5.97 Å². The summed E-state index contributed by atoms with van der Waals surface area (Å²) in [5, 5.41) is 17.9. The van der Waals surface area contributed by atoms with Gasteiger partial charge in [-0.3, -0.25) is 4.79 Å². The molecule has 0 atom stereocenters. The fourth-order valence-corrected chi connectivity index (χ4v) is 1.51. The van der Waals surface area contributed by atoms with E-state index in [0.717, 1.165) is 5.56 Å². The van der Waals surface area contributed by atoms with Crippen LogP contribution in [0.25, 0.3) is 6.08 Å². The molecule has 0 aromatic heterocycles. The fraction of sp³-hybridized carbons (Fsp3) is 0.250. The SMILES string of the molecule is O=C(O)Cc1ccc(Cl)cc1C=CCCO. The zero-order valence-electron chi connectivity index (χ0n) is 8.69. The molecule has 0 fully saturated rings. The number of aliphatic carboxylic acids is 1. The number of carboxylic acids is 1. The highest BCUT2D eigenvalue weighted by atomic mass is 35.5. The lowest BCUT2D eigenvalue weighted by molar-refractivity contribution is -0.136. The second kappa shape index (κ2) is 6.30. The molecule has 0 radical (unpaired) electrons. The molecule has 3 nitrogen and oxygen atoms in total. The third kappa shape index (κ3) is 4.04. The van der Waals surface area contributed by atoms with Gasteiger partial charge in [0.25, 0.3) is 0 Å². The lowest BCUT2D eigenvalue weighted by atomic mass is 10.0. The summed E-state index contributed by atoms with van der Waals surface area (Å²) in [6, 6.07) is 5.09. The van der Waals surface area contributed by atoms with Crippen LogP contribution in [0.5, 0.6) is 0 Å². The number of halogens is 1. The molecule has 0 aliphatic heterocycles. The molecule has 1 rings (SSSR count). The number of carboxylic acid groups (broad SMARTS) is 1. The van der Waals surface area contributed by atoms with Crippen LogP contribution in [0, 0.1) is 0 Å². The largest absolute Gasteiger partial charge is 0.481 e. The van der Waals surface area contributed by atoms with Gasteiger partial charge in [-0.25, -0.2) is 0 Å². The maximum Gasteiger partial charge on any atom is 0.307 e. The molecule has 0 saturated heterocycles. The van der Waals surface area contributed by atoms with Crippen molar-refractivity contribution in [2.45, 2.75) is 12.8 Å². The molecule has 1 aromatic rings. The second-order valence-corrected chi connectivity index (χ2v) is 3.76. The molecule has 0 heterocycles. The summed E-state index contributed by atoms with van der Waals surface area (Å²) >= 11 is 5.84. The molecule has 16 heavy (non-hydrogen) atoms. The van der Waals surface area contributed by atoms with Crippen LogP contribution in [-0.2, 0) is 11.2 Å². The number of rotatable bonds is 5. The Morgan fingerprint density at radius 1 is 1.44 bits per heavy atom. The van der Waals surface area contributed by atoms with Gasteiger partial charge in [0.2, 0.25) is 0 Å². The van der Waals surface area contributed by atoms with Crippen LogP contribution in [0.3, 0.4) is 0 Å². The van der Waals surface area contributed by atoms with Crippen molar-refractivity contribution in [2.75, 3.05) is 6.61 Å². The average Bonchev–Trinajstić information content (AvgIpc) is 2.22. The van der Waals surface area contributed by atoms with E-state index >= 15 is 0 Å². The molecule has 4 heteroatoms. The van der Waals surface area contributed by atoms with Gasteiger partial charge in [-0.05, 0) is 29.7 Å². The Bertz CT molecular complexity index is 399. The zero-order chi connectivity index (χ0) is 12.0. The Hall–Kier alpha value is -1.32. The highest BCUT2D eigenvalue weighted by Crippen LogP contribution is 2.18. The highest BCUT2D eigenvalue weighted by molar-refractivity contribution is 6.30. The predicted molar refractivity (Wildman–Crippen MR) is 63.5 cm³/mol. The molecular weight excluding hydrogens is 228 g/mol. The Labute approximate surface area is 99.0 Å². The third-order valence-electron chi connectivity index (χ3n) is 2.04. The van der Waals surface area contributed by atoms with Crippen LogP contribution in [-0.4, -0.2) is 22.8 Å². The summed E-state index contributed by atoms with van der Waals surface area (Å²) in [5.74, 6) is -0.876. The molecule has 2 N–H and O–H groups in total. The third-order valence-corrected chi connectivity index (χ3v) is 2.28. The van der Waals surface area contributed by atoms with Crippen molar-refractivity contribution in [3.05, 3.63) is 40.4 Å². The summed E-state index contributed by atoms with van der Waals surface area (Å²) in [7, 11) is 0. The first kappa shape index (κ1) is 12.7. The molecule has 0 spiro atoms. The lowest BCUT2D eigenvalue weighted by Crippen LogP contribution is -2.01. The number of aliphatic hydroxyl groups is 1. The van der Waals surface area contributed by atoms with Crippen molar-refractivity contribution in [2.24, 2.45) is 0 Å². The molecule has 0 bridgehead atoms. The van der Waals surface area contributed by atoms with Crippen LogP contribution < -0.4 is 0 Å². The molecule has 86 valence electrons. The Balaban J connectivity index is 2.93. The van der Waals surface area contributed by atoms with Gasteiger partial charge in [0.1, 0.15) is 0 Å². The summed E-state index contributed by atoms with van der Waals surface area (Å²) in [5.41, 5.74) is 1.49. The van der Waals surface area contributed by atoms with Crippen molar-refractivity contribution in [3.8, 4) is 0 Å². The topological polar surface area (TPSA) is 57.5 Å². The van der Waals surface area contributed by atoms with E-state index in [4.69, 9.17) is 21.8 Å². The van der Waals surface area contributed by atoms with Crippen molar-refractivity contribution in [1.82, 2.24) is 0 Å². The summed E-state index contributed by atoms with van der Waals surface area (Å²) in [6.45, 7) is 0.0747. The predicted octanol–water partition coefficient (Wildman–Crippen LogP) is 2.36. The van der Waals surface area contributed by atoms with E-state index in [1.807, 2.05) is 0 Å². The summed E-state index contributed by atoms with van der Waals surface area (Å²) < 4.78 is 0. The van der Waals surface area contributed by atoms with Crippen molar-refractivity contribution < 1.29 is 15.0 Å². The average molecular weight is 241 g/mol. The smallest absolute Gasteiger partial charge is 0.307 e. The van der Waals surface area contributed by atoms with E-state index in [9.17, 15) is 4.79 Å². The number of hydrogen-bond acceptors (Lipinski definition) is 2. The monoisotopic (exact) mass is 240 g/mol. The minimum Gasteiger partial charge on any atom is -0.481 e. The number of carbonyl (C=O) groups is 1. The van der Waals surface area contributed by atoms with Crippen LogP contribution in [0.4, 0.5) is 0 Å². The number of benzene rings is 1. The van der Waals surface area contributed by atoms with E-state index in [-0.39, 0.29) is 13.0 Å². The first-order valence-electron chi connectivity index (χ1n) is 4.91. The fourth-order valence-electron chi connectivity index (χ4n) is 1.33. The van der Waals surface area contributed by atoms with Crippen LogP contribution in [0.1, 0.15) is 17.5 Å². The molecular formula is C12H13ClO3. The maximum atomic E-state index is 10.6. The van der Waals surface area contributed by atoms with Crippen LogP contribution in [0.2, 0.25) is 5.02 Å². The molecule has 0 aliphatic rings. The molecule has 1 aromatic carbocycles. The van der Waals surface area contributed by atoms with E-state index in [2.05, 4.69) is 0 Å². The van der Waals surface area contributed by atoms with Gasteiger partial charge in [0.05, 0.1) is 6.42 Å². The number of aliphatic hydroxyl groups excluding tert-OH is 1. The van der Waals surface area contributed by atoms with Crippen molar-refractivity contribution in [3.63, 3.8) is 0 Å². The standard InChI is InChI=1S/C12H13ClO3/c13-11-5-4-10(8-12(15)16)9(7-11)3-1-2-6-14/h1,3-5,7,14H,2,6,8H2,(H,15,16). The van der Waals surface area contributed by atoms with Gasteiger partial charge < -0.3 is 10.2 Å². The Kier molecular flexibility index (Phi) is 5.02. The van der Waals surface area contributed by atoms with Gasteiger partial charge in [-0.2, -0.15) is 0 Å². The van der Waals surface area contributed by atoms with Gasteiger partial charge in [0.15, 0.2) is 0 Å². The van der Waals surface area contributed by atoms with Crippen molar-refractivity contribution >= 4 is 23.6 Å². The molecule has 0 unspecified atom stereocenters. The molecule has 0 aliphatic carbocycles. The maximum absolute atomic E-state index is 10.6. The van der Waals surface area contributed by atoms with Crippen LogP contribution in [0.15, 0.2) is 24.3 Å². The zero-order valence-corrected chi connectivity index (χ0v) is 9.44. The van der Waals surface area contributed by atoms with Crippen LogP contribution >= 0.6 is 11.6 Å². The van der Waals surface area contributed by atoms with Gasteiger partial charge >= 0.3 is 5.97 Å².